The first-order chi connectivity index (χ1) is 12.2. The highest BCUT2D eigenvalue weighted by Gasteiger charge is 2.27. The third-order valence-electron chi connectivity index (χ3n) is 4.84. The molecule has 26 heavy (non-hydrogen) atoms. The highest BCUT2D eigenvalue weighted by atomic mass is 16.7. The minimum absolute atomic E-state index is 0.195. The van der Waals surface area contributed by atoms with Crippen LogP contribution in [0, 0.1) is 0 Å². The van der Waals surface area contributed by atoms with E-state index in [-0.39, 0.29) is 11.8 Å². The molecule has 1 aliphatic heterocycles. The van der Waals surface area contributed by atoms with Crippen molar-refractivity contribution in [1.29, 1.82) is 0 Å². The lowest BCUT2D eigenvalue weighted by molar-refractivity contribution is 0.0205. The summed E-state index contributed by atoms with van der Waals surface area (Å²) >= 11 is 0. The van der Waals surface area contributed by atoms with Crippen LogP contribution >= 0.6 is 0 Å². The van der Waals surface area contributed by atoms with E-state index in [1.165, 1.54) is 17.4 Å². The Balaban J connectivity index is 1.75. The fourth-order valence-corrected chi connectivity index (χ4v) is 3.48. The second-order valence-corrected chi connectivity index (χ2v) is 7.81. The number of benzene rings is 1. The topological polar surface area (TPSA) is 65.7 Å². The van der Waals surface area contributed by atoms with Crippen molar-refractivity contribution in [2.24, 2.45) is 7.05 Å². The molecule has 0 aliphatic carbocycles. The molecule has 0 radical (unpaired) electrons. The highest BCUT2D eigenvalue weighted by molar-refractivity contribution is 5.76. The standard InChI is InChI=1S/C19H27N3O4/c1-19(2,3)26-18(24)21-10-8-13(9-11-21)14-6-7-15-16(12-14)20(4)17(23)22(15)25-5/h6-7,12-13H,8-11H2,1-5H3. The van der Waals surface area contributed by atoms with Crippen molar-refractivity contribution < 1.29 is 14.4 Å². The lowest BCUT2D eigenvalue weighted by Crippen LogP contribution is -2.41. The quantitative estimate of drug-likeness (QED) is 0.824. The molecule has 7 nitrogen and oxygen atoms in total. The number of aryl methyl sites for hydroxylation is 1. The van der Waals surface area contributed by atoms with E-state index < -0.39 is 5.60 Å². The number of imidazole rings is 1. The number of amides is 1. The van der Waals surface area contributed by atoms with Gasteiger partial charge in [-0.05, 0) is 57.2 Å². The molecule has 1 aromatic carbocycles. The molecule has 1 saturated heterocycles. The van der Waals surface area contributed by atoms with Gasteiger partial charge in [0.2, 0.25) is 0 Å². The fraction of sp³-hybridized carbons (Fsp3) is 0.579. The van der Waals surface area contributed by atoms with Gasteiger partial charge >= 0.3 is 11.8 Å². The van der Waals surface area contributed by atoms with Crippen molar-refractivity contribution >= 4 is 17.1 Å². The molecule has 0 atom stereocenters. The Morgan fingerprint density at radius 3 is 2.38 bits per heavy atom. The van der Waals surface area contributed by atoms with Gasteiger partial charge in [-0.1, -0.05) is 6.07 Å². The first kappa shape index (κ1) is 18.4. The molecule has 3 rings (SSSR count). The highest BCUT2D eigenvalue weighted by Crippen LogP contribution is 2.30. The number of carbonyl (C=O) groups excluding carboxylic acids is 1. The van der Waals surface area contributed by atoms with E-state index in [1.807, 2.05) is 32.9 Å². The van der Waals surface area contributed by atoms with Crippen molar-refractivity contribution in [3.63, 3.8) is 0 Å². The van der Waals surface area contributed by atoms with Crippen LogP contribution in [0.4, 0.5) is 4.79 Å². The van der Waals surface area contributed by atoms with Gasteiger partial charge < -0.3 is 14.5 Å². The first-order valence-electron chi connectivity index (χ1n) is 8.95. The van der Waals surface area contributed by atoms with Gasteiger partial charge in [-0.2, -0.15) is 0 Å². The number of aromatic nitrogens is 2. The number of likely N-dealkylation sites (tertiary alicyclic amines) is 1. The van der Waals surface area contributed by atoms with Gasteiger partial charge in [-0.25, -0.2) is 9.59 Å². The minimum atomic E-state index is -0.474. The number of hydrogen-bond acceptors (Lipinski definition) is 4. The van der Waals surface area contributed by atoms with Gasteiger partial charge in [-0.15, -0.1) is 4.73 Å². The summed E-state index contributed by atoms with van der Waals surface area (Å²) in [6.07, 6.45) is 1.51. The molecule has 1 aliphatic rings. The number of carbonyl (C=O) groups is 1. The van der Waals surface area contributed by atoms with Gasteiger partial charge in [-0.3, -0.25) is 4.57 Å². The number of piperidine rings is 1. The summed E-state index contributed by atoms with van der Waals surface area (Å²) in [5.74, 6) is 0.360. The van der Waals surface area contributed by atoms with E-state index >= 15 is 0 Å². The molecule has 1 aromatic heterocycles. The Morgan fingerprint density at radius 1 is 1.15 bits per heavy atom. The summed E-state index contributed by atoms with van der Waals surface area (Å²) < 4.78 is 8.34. The lowest BCUT2D eigenvalue weighted by atomic mass is 9.89. The number of rotatable bonds is 2. The molecule has 2 aromatic rings. The fourth-order valence-electron chi connectivity index (χ4n) is 3.48. The van der Waals surface area contributed by atoms with Gasteiger partial charge in [0.05, 0.1) is 5.52 Å². The van der Waals surface area contributed by atoms with Crippen LogP contribution in [-0.2, 0) is 11.8 Å². The Hall–Kier alpha value is -2.44. The number of nitrogens with zero attached hydrogens (tertiary/aromatic N) is 3. The molecule has 142 valence electrons. The zero-order valence-electron chi connectivity index (χ0n) is 16.1. The van der Waals surface area contributed by atoms with Crippen LogP contribution in [0.1, 0.15) is 45.1 Å². The molecular weight excluding hydrogens is 334 g/mol. The van der Waals surface area contributed by atoms with Crippen molar-refractivity contribution in [1.82, 2.24) is 14.2 Å². The molecule has 0 spiro atoms. The van der Waals surface area contributed by atoms with Crippen molar-refractivity contribution in [3.8, 4) is 0 Å². The molecule has 0 bridgehead atoms. The van der Waals surface area contributed by atoms with Crippen LogP contribution in [0.25, 0.3) is 11.0 Å². The molecule has 0 N–H and O–H groups in total. The Labute approximate surface area is 153 Å². The Kier molecular flexibility index (Phi) is 4.73. The second-order valence-electron chi connectivity index (χ2n) is 7.81. The van der Waals surface area contributed by atoms with Gasteiger partial charge in [0.15, 0.2) is 0 Å². The zero-order chi connectivity index (χ0) is 19.1. The monoisotopic (exact) mass is 361 g/mol. The number of fused-ring (bicyclic) bond motifs is 1. The first-order valence-corrected chi connectivity index (χ1v) is 8.95. The normalized spacial score (nSPS) is 16.1. The smallest absolute Gasteiger partial charge is 0.410 e. The Bertz CT molecular complexity index is 867. The number of ether oxygens (including phenoxy) is 1. The summed E-state index contributed by atoms with van der Waals surface area (Å²) in [5.41, 5.74) is 2.13. The van der Waals surface area contributed by atoms with Crippen LogP contribution in [0.5, 0.6) is 0 Å². The van der Waals surface area contributed by atoms with Crippen LogP contribution in [-0.4, -0.2) is 46.1 Å². The van der Waals surface area contributed by atoms with Crippen LogP contribution in [0.15, 0.2) is 23.0 Å². The molecule has 1 fully saturated rings. The maximum absolute atomic E-state index is 12.2. The van der Waals surface area contributed by atoms with Crippen molar-refractivity contribution in [2.45, 2.75) is 45.1 Å². The van der Waals surface area contributed by atoms with E-state index in [4.69, 9.17) is 9.57 Å². The average Bonchev–Trinajstić information content (AvgIpc) is 2.84. The molecular formula is C19H27N3O4. The van der Waals surface area contributed by atoms with Crippen LogP contribution in [0.3, 0.4) is 0 Å². The zero-order valence-corrected chi connectivity index (χ0v) is 16.1. The minimum Gasteiger partial charge on any atom is -0.444 e. The predicted molar refractivity (Wildman–Crippen MR) is 99.5 cm³/mol. The third-order valence-corrected chi connectivity index (χ3v) is 4.84. The van der Waals surface area contributed by atoms with Gasteiger partial charge in [0, 0.05) is 20.1 Å². The maximum Gasteiger partial charge on any atom is 0.410 e. The van der Waals surface area contributed by atoms with Crippen molar-refractivity contribution in [3.05, 3.63) is 34.2 Å². The lowest BCUT2D eigenvalue weighted by Gasteiger charge is -2.33. The van der Waals surface area contributed by atoms with E-state index in [0.717, 1.165) is 23.9 Å². The molecule has 7 heteroatoms. The summed E-state index contributed by atoms with van der Waals surface area (Å²) in [6, 6.07) is 6.03. The molecule has 0 unspecified atom stereocenters. The van der Waals surface area contributed by atoms with E-state index in [2.05, 4.69) is 6.07 Å². The van der Waals surface area contributed by atoms with E-state index in [9.17, 15) is 9.59 Å². The summed E-state index contributed by atoms with van der Waals surface area (Å²) in [6.45, 7) is 6.99. The van der Waals surface area contributed by atoms with Gasteiger partial charge in [0.1, 0.15) is 18.2 Å². The van der Waals surface area contributed by atoms with Crippen molar-refractivity contribution in [2.75, 3.05) is 20.2 Å². The summed E-state index contributed by atoms with van der Waals surface area (Å²) in [5, 5.41) is 0. The molecule has 2 heterocycles. The van der Waals surface area contributed by atoms with E-state index in [1.54, 1.807) is 16.5 Å². The average molecular weight is 361 g/mol. The maximum atomic E-state index is 12.2. The number of hydrogen-bond donors (Lipinski definition) is 0. The molecule has 0 saturated carbocycles. The summed E-state index contributed by atoms with van der Waals surface area (Å²) in [4.78, 5) is 31.3. The predicted octanol–water partition coefficient (Wildman–Crippen LogP) is 2.51. The third kappa shape index (κ3) is 3.43. The van der Waals surface area contributed by atoms with Gasteiger partial charge in [0.25, 0.3) is 0 Å². The largest absolute Gasteiger partial charge is 0.444 e. The second kappa shape index (κ2) is 6.70. The SMILES string of the molecule is COn1c(=O)n(C)c2cc(C3CCN(C(=O)OC(C)(C)C)CC3)ccc21. The van der Waals surface area contributed by atoms with Crippen LogP contribution in [0.2, 0.25) is 0 Å². The Morgan fingerprint density at radius 2 is 1.81 bits per heavy atom. The summed E-state index contributed by atoms with van der Waals surface area (Å²) in [7, 11) is 3.23. The van der Waals surface area contributed by atoms with Crippen LogP contribution < -0.4 is 10.5 Å². The molecule has 1 amide bonds. The van der Waals surface area contributed by atoms with E-state index in [0.29, 0.717) is 19.0 Å².